The second kappa shape index (κ2) is 16.5. The van der Waals surface area contributed by atoms with Crippen LogP contribution >= 0.6 is 0 Å². The zero-order valence-corrected chi connectivity index (χ0v) is 43.5. The Bertz CT molecular complexity index is 4980. The molecule has 0 saturated heterocycles. The van der Waals surface area contributed by atoms with Crippen molar-refractivity contribution in [1.29, 1.82) is 0 Å². The summed E-state index contributed by atoms with van der Waals surface area (Å²) in [6.45, 7) is 4.75. The van der Waals surface area contributed by atoms with Crippen molar-refractivity contribution in [2.75, 3.05) is 0 Å². The van der Waals surface area contributed by atoms with E-state index >= 15 is 0 Å². The zero-order chi connectivity index (χ0) is 52.1. The molecule has 0 aliphatic heterocycles. The van der Waals surface area contributed by atoms with Gasteiger partial charge in [0, 0.05) is 52.3 Å². The number of pyridine rings is 3. The van der Waals surface area contributed by atoms with Gasteiger partial charge in [-0.3, -0.25) is 9.97 Å². The molecule has 0 bridgehead atoms. The molecule has 0 spiro atoms. The molecule has 79 heavy (non-hydrogen) atoms. The fraction of sp³-hybridized carbons (Fsp3) is 0.0395. The van der Waals surface area contributed by atoms with Crippen molar-refractivity contribution in [2.45, 2.75) is 19.3 Å². The minimum Gasteiger partial charge on any atom is -0.264 e. The number of fused-ring (bicyclic) bond motifs is 6. The van der Waals surface area contributed by atoms with Gasteiger partial charge in [-0.05, 0) is 179 Å². The summed E-state index contributed by atoms with van der Waals surface area (Å²) < 4.78 is 0. The van der Waals surface area contributed by atoms with E-state index in [9.17, 15) is 0 Å². The van der Waals surface area contributed by atoms with E-state index in [1.54, 1.807) is 0 Å². The second-order valence-corrected chi connectivity index (χ2v) is 22.2. The minimum absolute atomic E-state index is 0.261. The lowest BCUT2D eigenvalue weighted by Crippen LogP contribution is -2.16. The predicted octanol–water partition coefficient (Wildman–Crippen LogP) is 20.3. The average Bonchev–Trinajstić information content (AvgIpc) is 4.02. The van der Waals surface area contributed by atoms with Crippen LogP contribution in [0, 0.1) is 0 Å². The van der Waals surface area contributed by atoms with E-state index in [0.717, 1.165) is 33.5 Å². The van der Waals surface area contributed by atoms with Gasteiger partial charge in [0.15, 0.2) is 0 Å². The van der Waals surface area contributed by atoms with Gasteiger partial charge >= 0.3 is 0 Å². The summed E-state index contributed by atoms with van der Waals surface area (Å²) in [7, 11) is 0. The predicted molar refractivity (Wildman–Crippen MR) is 332 cm³/mol. The molecule has 3 heterocycles. The van der Waals surface area contributed by atoms with Gasteiger partial charge in [0.05, 0.1) is 11.2 Å². The Balaban J connectivity index is 0.900. The number of nitrogens with zero attached hydrogens (tertiary/aromatic N) is 3. The molecule has 0 fully saturated rings. The van der Waals surface area contributed by atoms with E-state index in [0.29, 0.717) is 0 Å². The van der Waals surface area contributed by atoms with Gasteiger partial charge in [0.2, 0.25) is 0 Å². The normalized spacial score (nSPS) is 13.0. The van der Waals surface area contributed by atoms with Crippen LogP contribution in [0.4, 0.5) is 0 Å². The first-order valence-corrected chi connectivity index (χ1v) is 27.4. The molecule has 0 saturated carbocycles. The molecule has 0 N–H and O–H groups in total. The molecule has 16 aromatic rings. The molecule has 0 unspecified atom stereocenters. The Morgan fingerprint density at radius 1 is 0.304 bits per heavy atom. The molecule has 366 valence electrons. The summed E-state index contributed by atoms with van der Waals surface area (Å²) in [5.41, 5.74) is 19.9. The lowest BCUT2D eigenvalue weighted by Gasteiger charge is -2.26. The summed E-state index contributed by atoms with van der Waals surface area (Å²) in [4.78, 5) is 14.5. The molecule has 3 nitrogen and oxygen atoms in total. The minimum atomic E-state index is -0.261. The standard InChI is InChI=1S/C76H47N3/c1-76(2)66-14-6-5-13-65(66)75-74(76)72(73-60-12-4-3-9-45(60)27-36-67(73)79-75)50-17-15-44(16-18-50)53-39-54(58-30-21-48-23-32-61-56(51-10-7-37-77-42-51)28-19-46-25-34-63(58)70(48)68(46)61)41-55(40-53)59-31-22-49-24-33-62-57(52-11-8-38-78-43-52)29-20-47-26-35-64(59)71(49)69(47)62/h3-43H,1-2H3. The maximum absolute atomic E-state index is 5.50. The van der Waals surface area contributed by atoms with Gasteiger partial charge in [-0.15, -0.1) is 0 Å². The fourth-order valence-electron chi connectivity index (χ4n) is 14.1. The molecule has 3 aromatic heterocycles. The van der Waals surface area contributed by atoms with Crippen molar-refractivity contribution in [2.24, 2.45) is 0 Å². The third-order valence-electron chi connectivity index (χ3n) is 17.7. The van der Waals surface area contributed by atoms with Gasteiger partial charge < -0.3 is 0 Å². The Hall–Kier alpha value is -10.1. The third kappa shape index (κ3) is 6.39. The summed E-state index contributed by atoms with van der Waals surface area (Å²) in [5, 5.41) is 18.7. The van der Waals surface area contributed by atoms with Gasteiger partial charge in [-0.1, -0.05) is 202 Å². The van der Waals surface area contributed by atoms with E-state index in [1.807, 2.05) is 36.9 Å². The monoisotopic (exact) mass is 1000 g/mol. The first-order chi connectivity index (χ1) is 38.9. The molecule has 0 radical (unpaired) electrons. The van der Waals surface area contributed by atoms with Crippen LogP contribution in [-0.4, -0.2) is 15.0 Å². The van der Waals surface area contributed by atoms with E-state index < -0.39 is 0 Å². The molecule has 3 heteroatoms. The van der Waals surface area contributed by atoms with E-state index in [2.05, 4.69) is 236 Å². The third-order valence-corrected chi connectivity index (χ3v) is 17.7. The number of aromatic nitrogens is 3. The number of benzene rings is 13. The maximum Gasteiger partial charge on any atom is 0.0759 e. The lowest BCUT2D eigenvalue weighted by molar-refractivity contribution is 0.662. The first-order valence-electron chi connectivity index (χ1n) is 27.4. The topological polar surface area (TPSA) is 38.7 Å². The highest BCUT2D eigenvalue weighted by Gasteiger charge is 2.40. The SMILES string of the molecule is CC1(C)c2ccccc2-c2nc3ccc4ccccc4c3c(-c3ccc(-c4cc(-c5ccc6ccc7c(-c8cccnc8)ccc8ccc5c6c87)cc(-c5ccc6ccc7c(-c8cccnc8)ccc8ccc5c6c87)c4)cc3)c21. The largest absolute Gasteiger partial charge is 0.264 e. The summed E-state index contributed by atoms with van der Waals surface area (Å²) in [6, 6.07) is 84.1. The molecule has 1 aliphatic rings. The van der Waals surface area contributed by atoms with Crippen molar-refractivity contribution in [3.63, 3.8) is 0 Å². The molecular weight excluding hydrogens is 955 g/mol. The smallest absolute Gasteiger partial charge is 0.0759 e. The zero-order valence-electron chi connectivity index (χ0n) is 43.5. The van der Waals surface area contributed by atoms with Crippen molar-refractivity contribution >= 4 is 86.3 Å². The van der Waals surface area contributed by atoms with Crippen LogP contribution in [0.15, 0.2) is 249 Å². The molecule has 1 aliphatic carbocycles. The van der Waals surface area contributed by atoms with E-state index in [-0.39, 0.29) is 5.41 Å². The van der Waals surface area contributed by atoms with Gasteiger partial charge in [-0.2, -0.15) is 0 Å². The summed E-state index contributed by atoms with van der Waals surface area (Å²) >= 11 is 0. The summed E-state index contributed by atoms with van der Waals surface area (Å²) in [5.74, 6) is 0. The second-order valence-electron chi connectivity index (χ2n) is 22.2. The van der Waals surface area contributed by atoms with Gasteiger partial charge in [-0.25, -0.2) is 4.98 Å². The fourth-order valence-corrected chi connectivity index (χ4v) is 14.1. The molecule has 0 amide bonds. The molecular formula is C76H47N3. The Morgan fingerprint density at radius 3 is 1.29 bits per heavy atom. The number of hydrogen-bond acceptors (Lipinski definition) is 3. The Labute approximate surface area is 456 Å². The van der Waals surface area contributed by atoms with Crippen LogP contribution in [0.1, 0.15) is 25.0 Å². The molecule has 17 rings (SSSR count). The highest BCUT2D eigenvalue weighted by Crippen LogP contribution is 2.54. The van der Waals surface area contributed by atoms with Gasteiger partial charge in [0.1, 0.15) is 0 Å². The maximum atomic E-state index is 5.50. The highest BCUT2D eigenvalue weighted by molar-refractivity contribution is 6.29. The van der Waals surface area contributed by atoms with Gasteiger partial charge in [0.25, 0.3) is 0 Å². The Morgan fingerprint density at radius 2 is 0.759 bits per heavy atom. The van der Waals surface area contributed by atoms with Crippen LogP contribution in [-0.2, 0) is 5.41 Å². The summed E-state index contributed by atoms with van der Waals surface area (Å²) in [6.07, 6.45) is 7.65. The van der Waals surface area contributed by atoms with Crippen LogP contribution in [0.3, 0.4) is 0 Å². The van der Waals surface area contributed by atoms with E-state index in [4.69, 9.17) is 4.98 Å². The first kappa shape index (κ1) is 44.1. The van der Waals surface area contributed by atoms with Crippen LogP contribution in [0.2, 0.25) is 0 Å². The number of hydrogen-bond donors (Lipinski definition) is 0. The quantitative estimate of drug-likeness (QED) is 0.156. The average molecular weight is 1000 g/mol. The highest BCUT2D eigenvalue weighted by atomic mass is 14.7. The van der Waals surface area contributed by atoms with Crippen LogP contribution < -0.4 is 0 Å². The van der Waals surface area contributed by atoms with Crippen molar-refractivity contribution in [3.05, 3.63) is 260 Å². The lowest BCUT2D eigenvalue weighted by atomic mass is 9.78. The Kier molecular flexibility index (Phi) is 9.18. The molecule has 13 aromatic carbocycles. The molecule has 0 atom stereocenters. The van der Waals surface area contributed by atoms with E-state index in [1.165, 1.54) is 142 Å². The van der Waals surface area contributed by atoms with Crippen LogP contribution in [0.25, 0.3) is 164 Å². The van der Waals surface area contributed by atoms with Crippen molar-refractivity contribution < 1.29 is 0 Å². The van der Waals surface area contributed by atoms with Crippen LogP contribution in [0.5, 0.6) is 0 Å². The number of rotatable bonds is 6. The van der Waals surface area contributed by atoms with Crippen molar-refractivity contribution in [3.8, 4) is 78.0 Å². The van der Waals surface area contributed by atoms with Crippen molar-refractivity contribution in [1.82, 2.24) is 15.0 Å².